The first-order chi connectivity index (χ1) is 14.6. The van der Waals surface area contributed by atoms with E-state index in [1.165, 1.54) is 24.3 Å². The number of hydrogen-bond acceptors (Lipinski definition) is 4. The standard InChI is InChI=1S/C25H41N3O2/c1-2-3-4-5-6-7-14-19-27-28(22-17-12-9-13-18-22)25(30)24(29)23(26)20-21-15-10-8-11-16-21/h3-4,9,12-13,17-18,21,23-24,27,29H,2,5-8,10-11,14-16,19-20,26H2,1H3/t23-,24?/m1/s1. The van der Waals surface area contributed by atoms with Gasteiger partial charge in [-0.15, -0.1) is 0 Å². The number of anilines is 1. The fraction of sp³-hybridized carbons (Fsp3) is 0.640. The van der Waals surface area contributed by atoms with Crippen LogP contribution in [0.3, 0.4) is 0 Å². The molecule has 0 aliphatic heterocycles. The lowest BCUT2D eigenvalue weighted by Crippen LogP contribution is -2.54. The van der Waals surface area contributed by atoms with Gasteiger partial charge in [0.2, 0.25) is 0 Å². The van der Waals surface area contributed by atoms with Gasteiger partial charge >= 0.3 is 0 Å². The number of aliphatic hydroxyl groups excluding tert-OH is 1. The summed E-state index contributed by atoms with van der Waals surface area (Å²) in [7, 11) is 0. The van der Waals surface area contributed by atoms with E-state index in [2.05, 4.69) is 24.5 Å². The van der Waals surface area contributed by atoms with Crippen molar-refractivity contribution in [2.24, 2.45) is 11.7 Å². The second-order valence-corrected chi connectivity index (χ2v) is 8.49. The lowest BCUT2D eigenvalue weighted by atomic mass is 9.84. The van der Waals surface area contributed by atoms with Crippen LogP contribution < -0.4 is 16.2 Å². The molecule has 1 fully saturated rings. The van der Waals surface area contributed by atoms with E-state index < -0.39 is 12.1 Å². The van der Waals surface area contributed by atoms with E-state index in [1.807, 2.05) is 30.3 Å². The van der Waals surface area contributed by atoms with Gasteiger partial charge in [0.1, 0.15) is 6.10 Å². The molecule has 1 unspecified atom stereocenters. The number of nitrogens with one attached hydrogen (secondary N) is 1. The Bertz CT molecular complexity index is 614. The number of carbonyl (C=O) groups is 1. The summed E-state index contributed by atoms with van der Waals surface area (Å²) in [6, 6.07) is 8.93. The fourth-order valence-corrected chi connectivity index (χ4v) is 4.16. The smallest absolute Gasteiger partial charge is 0.271 e. The van der Waals surface area contributed by atoms with Crippen LogP contribution in [0.5, 0.6) is 0 Å². The topological polar surface area (TPSA) is 78.6 Å². The molecule has 2 atom stereocenters. The summed E-state index contributed by atoms with van der Waals surface area (Å²) in [6.45, 7) is 2.83. The molecule has 0 aromatic heterocycles. The third kappa shape index (κ3) is 8.58. The average Bonchev–Trinajstić information content (AvgIpc) is 2.78. The third-order valence-corrected chi connectivity index (χ3v) is 5.94. The monoisotopic (exact) mass is 415 g/mol. The number of nitrogens with zero attached hydrogens (tertiary/aromatic N) is 1. The summed E-state index contributed by atoms with van der Waals surface area (Å²) >= 11 is 0. The number of rotatable bonds is 13. The Hall–Kier alpha value is -1.69. The van der Waals surface area contributed by atoms with Crippen molar-refractivity contribution in [3.63, 3.8) is 0 Å². The molecule has 1 amide bonds. The Morgan fingerprint density at radius 3 is 2.60 bits per heavy atom. The average molecular weight is 416 g/mol. The molecular weight excluding hydrogens is 374 g/mol. The molecule has 0 heterocycles. The zero-order valence-corrected chi connectivity index (χ0v) is 18.6. The van der Waals surface area contributed by atoms with Gasteiger partial charge in [0.15, 0.2) is 0 Å². The van der Waals surface area contributed by atoms with Gasteiger partial charge in [0, 0.05) is 12.6 Å². The predicted molar refractivity (Wildman–Crippen MR) is 125 cm³/mol. The largest absolute Gasteiger partial charge is 0.382 e. The van der Waals surface area contributed by atoms with E-state index in [1.54, 1.807) is 0 Å². The minimum atomic E-state index is -1.20. The molecule has 5 nitrogen and oxygen atoms in total. The molecule has 1 saturated carbocycles. The number of carbonyl (C=O) groups excluding carboxylic acids is 1. The van der Waals surface area contributed by atoms with Crippen molar-refractivity contribution >= 4 is 11.6 Å². The fourth-order valence-electron chi connectivity index (χ4n) is 4.16. The number of nitrogens with two attached hydrogens (primary N) is 1. The van der Waals surface area contributed by atoms with Crippen LogP contribution in [0.25, 0.3) is 0 Å². The van der Waals surface area contributed by atoms with E-state index in [0.717, 1.165) is 50.6 Å². The second kappa shape index (κ2) is 14.3. The molecule has 4 N–H and O–H groups in total. The van der Waals surface area contributed by atoms with Crippen molar-refractivity contribution in [1.29, 1.82) is 0 Å². The van der Waals surface area contributed by atoms with Gasteiger partial charge in [0.25, 0.3) is 5.91 Å². The zero-order valence-electron chi connectivity index (χ0n) is 18.6. The van der Waals surface area contributed by atoms with Gasteiger partial charge in [-0.05, 0) is 50.2 Å². The number of amides is 1. The Balaban J connectivity index is 1.88. The maximum Gasteiger partial charge on any atom is 0.271 e. The van der Waals surface area contributed by atoms with E-state index >= 15 is 0 Å². The summed E-state index contributed by atoms with van der Waals surface area (Å²) in [6.07, 6.45) is 15.4. The molecule has 0 spiro atoms. The summed E-state index contributed by atoms with van der Waals surface area (Å²) in [5.41, 5.74) is 10.2. The first kappa shape index (κ1) is 24.6. The van der Waals surface area contributed by atoms with Crippen LogP contribution in [-0.4, -0.2) is 29.7 Å². The Morgan fingerprint density at radius 2 is 1.90 bits per heavy atom. The molecule has 0 saturated heterocycles. The first-order valence-electron chi connectivity index (χ1n) is 11.8. The van der Waals surface area contributed by atoms with Crippen LogP contribution in [0.4, 0.5) is 5.69 Å². The molecule has 168 valence electrons. The van der Waals surface area contributed by atoms with E-state index in [4.69, 9.17) is 5.73 Å². The molecule has 0 radical (unpaired) electrons. The van der Waals surface area contributed by atoms with Gasteiger partial charge in [0.05, 0.1) is 5.69 Å². The van der Waals surface area contributed by atoms with Crippen LogP contribution in [0, 0.1) is 5.92 Å². The number of hydrazine groups is 1. The minimum absolute atomic E-state index is 0.365. The Morgan fingerprint density at radius 1 is 1.17 bits per heavy atom. The van der Waals surface area contributed by atoms with E-state index in [0.29, 0.717) is 18.9 Å². The van der Waals surface area contributed by atoms with Gasteiger partial charge in [-0.25, -0.2) is 10.4 Å². The highest BCUT2D eigenvalue weighted by molar-refractivity contribution is 5.96. The van der Waals surface area contributed by atoms with Crippen molar-refractivity contribution in [2.75, 3.05) is 11.6 Å². The normalized spacial score (nSPS) is 17.2. The van der Waals surface area contributed by atoms with Crippen LogP contribution >= 0.6 is 0 Å². The third-order valence-electron chi connectivity index (χ3n) is 5.94. The SMILES string of the molecule is CCC=CCCCCCNN(C(=O)C(O)[C@H](N)CC1CCCCC1)c1ccccc1. The van der Waals surface area contributed by atoms with Crippen molar-refractivity contribution in [1.82, 2.24) is 5.43 Å². The van der Waals surface area contributed by atoms with E-state index in [-0.39, 0.29) is 5.91 Å². The minimum Gasteiger partial charge on any atom is -0.382 e. The highest BCUT2D eigenvalue weighted by atomic mass is 16.3. The molecule has 30 heavy (non-hydrogen) atoms. The number of unbranched alkanes of at least 4 members (excludes halogenated alkanes) is 3. The number of benzene rings is 1. The number of para-hydroxylation sites is 1. The number of hydrogen-bond donors (Lipinski definition) is 3. The van der Waals surface area contributed by atoms with Crippen LogP contribution in [-0.2, 0) is 4.79 Å². The van der Waals surface area contributed by atoms with Gasteiger partial charge in [-0.3, -0.25) is 4.79 Å². The maximum atomic E-state index is 13.1. The summed E-state index contributed by atoms with van der Waals surface area (Å²) in [5, 5.41) is 12.2. The van der Waals surface area contributed by atoms with Crippen molar-refractivity contribution in [2.45, 2.75) is 89.7 Å². The molecule has 2 rings (SSSR count). The molecular formula is C25H41N3O2. The molecule has 0 bridgehead atoms. The summed E-state index contributed by atoms with van der Waals surface area (Å²) in [5.74, 6) is 0.159. The lowest BCUT2D eigenvalue weighted by Gasteiger charge is -2.30. The van der Waals surface area contributed by atoms with E-state index in [9.17, 15) is 9.90 Å². The number of aliphatic hydroxyl groups is 1. The molecule has 1 aliphatic carbocycles. The summed E-state index contributed by atoms with van der Waals surface area (Å²) < 4.78 is 0. The molecule has 1 aromatic rings. The van der Waals surface area contributed by atoms with Crippen LogP contribution in [0.15, 0.2) is 42.5 Å². The molecule has 1 aliphatic rings. The van der Waals surface area contributed by atoms with Gasteiger partial charge in [-0.1, -0.05) is 75.8 Å². The summed E-state index contributed by atoms with van der Waals surface area (Å²) in [4.78, 5) is 13.1. The first-order valence-corrected chi connectivity index (χ1v) is 11.8. The Kier molecular flexibility index (Phi) is 11.7. The van der Waals surface area contributed by atoms with Crippen molar-refractivity contribution in [3.8, 4) is 0 Å². The van der Waals surface area contributed by atoms with Crippen molar-refractivity contribution in [3.05, 3.63) is 42.5 Å². The highest BCUT2D eigenvalue weighted by Gasteiger charge is 2.30. The van der Waals surface area contributed by atoms with Crippen LogP contribution in [0.1, 0.15) is 77.6 Å². The van der Waals surface area contributed by atoms with Crippen molar-refractivity contribution < 1.29 is 9.90 Å². The maximum absolute atomic E-state index is 13.1. The van der Waals surface area contributed by atoms with Gasteiger partial charge < -0.3 is 10.8 Å². The Labute approximate surface area is 182 Å². The number of allylic oxidation sites excluding steroid dienone is 2. The zero-order chi connectivity index (χ0) is 21.6. The molecule has 1 aromatic carbocycles. The highest BCUT2D eigenvalue weighted by Crippen LogP contribution is 2.28. The quantitative estimate of drug-likeness (QED) is 0.248. The second-order valence-electron chi connectivity index (χ2n) is 8.49. The predicted octanol–water partition coefficient (Wildman–Crippen LogP) is 4.71. The van der Waals surface area contributed by atoms with Gasteiger partial charge in [-0.2, -0.15) is 0 Å². The lowest BCUT2D eigenvalue weighted by molar-refractivity contribution is -0.128. The van der Waals surface area contributed by atoms with Crippen LogP contribution in [0.2, 0.25) is 0 Å². The molecule has 5 heteroatoms.